The van der Waals surface area contributed by atoms with Gasteiger partial charge in [0.25, 0.3) is 0 Å². The van der Waals surface area contributed by atoms with Crippen LogP contribution in [0, 0.1) is 36.7 Å². The molecule has 2 aromatic carbocycles. The second-order valence-electron chi connectivity index (χ2n) is 15.4. The number of benzene rings is 2. The van der Waals surface area contributed by atoms with Crippen molar-refractivity contribution < 1.29 is 159 Å². The molecule has 0 aromatic heterocycles. The lowest BCUT2D eigenvalue weighted by Crippen LogP contribution is -2.42. The first-order valence-corrected chi connectivity index (χ1v) is 27.9. The van der Waals surface area contributed by atoms with Gasteiger partial charge in [0.2, 0.25) is 30.0 Å². The summed E-state index contributed by atoms with van der Waals surface area (Å²) in [4.78, 5) is 66.5. The Bertz CT molecular complexity index is 2820. The lowest BCUT2D eigenvalue weighted by molar-refractivity contribution is -0.206. The number of ether oxygens (including phenoxy) is 6. The van der Waals surface area contributed by atoms with Crippen LogP contribution >= 0.6 is 0 Å². The molecule has 8 rings (SSSR count). The van der Waals surface area contributed by atoms with Crippen molar-refractivity contribution in [2.24, 2.45) is 0 Å². The van der Waals surface area contributed by atoms with Crippen LogP contribution in [0.2, 0.25) is 0 Å². The molecule has 0 spiro atoms. The molecule has 6 saturated heterocycles. The fraction of sp³-hybridized carbons (Fsp3) is 0.512. The van der Waals surface area contributed by atoms with Crippen LogP contribution in [0.25, 0.3) is 0 Å². The number of hydrogen-bond acceptors (Lipinski definition) is 30. The summed E-state index contributed by atoms with van der Waals surface area (Å²) in [6.45, 7) is 5.64. The third-order valence-electron chi connectivity index (χ3n) is 9.34. The summed E-state index contributed by atoms with van der Waals surface area (Å²) >= 11 is -12.0. The van der Waals surface area contributed by atoms with Crippen molar-refractivity contribution in [3.63, 3.8) is 0 Å². The van der Waals surface area contributed by atoms with Gasteiger partial charge in [-0.2, -0.15) is 38.4 Å². The number of alkyl halides is 3. The molecule has 6 heterocycles. The summed E-state index contributed by atoms with van der Waals surface area (Å²) in [6, 6.07) is 6.40. The number of carbonyl (C=O) groups is 6. The van der Waals surface area contributed by atoms with E-state index in [0.29, 0.717) is 11.6 Å². The van der Waals surface area contributed by atoms with Crippen LogP contribution in [-0.4, -0.2) is 169 Å². The zero-order valence-corrected chi connectivity index (χ0v) is 47.9. The Hall–Kier alpha value is -5.18. The van der Waals surface area contributed by atoms with Gasteiger partial charge in [0, 0.05) is 6.07 Å². The Kier molecular flexibility index (Phi) is 29.6. The van der Waals surface area contributed by atoms with Crippen molar-refractivity contribution in [2.75, 3.05) is 47.8 Å². The van der Waals surface area contributed by atoms with Crippen LogP contribution in [0.15, 0.2) is 36.4 Å². The van der Waals surface area contributed by atoms with Crippen molar-refractivity contribution in [2.45, 2.75) is 88.3 Å². The predicted molar refractivity (Wildman–Crippen MR) is 257 cm³/mol. The minimum atomic E-state index is -4.83. The number of methoxy groups -OCH3 is 3. The summed E-state index contributed by atoms with van der Waals surface area (Å²) in [5.41, 5.74) is -0.845. The fourth-order valence-corrected chi connectivity index (χ4v) is 9.69. The number of esters is 6. The van der Waals surface area contributed by atoms with E-state index in [4.69, 9.17) is 11.2 Å². The monoisotopic (exact) mass is 1320 g/mol. The quantitative estimate of drug-likeness (QED) is 0.109. The number of terminal acetylenes is 1. The lowest BCUT2D eigenvalue weighted by atomic mass is 10.1. The van der Waals surface area contributed by atoms with E-state index in [2.05, 4.69) is 79.8 Å². The Labute approximate surface area is 480 Å². The van der Waals surface area contributed by atoms with Gasteiger partial charge < -0.3 is 28.4 Å². The van der Waals surface area contributed by atoms with Gasteiger partial charge in [0.15, 0.2) is 30.4 Å². The molecule has 6 aliphatic rings. The Morgan fingerprint density at radius 3 is 1.54 bits per heavy atom. The Morgan fingerprint density at radius 2 is 1.12 bits per heavy atom. The molecule has 0 amide bonds. The predicted octanol–water partition coefficient (Wildman–Crippen LogP) is 0.613. The topological polar surface area (TPSA) is 371 Å². The fourth-order valence-electron chi connectivity index (χ4n) is 5.30. The van der Waals surface area contributed by atoms with E-state index in [0.717, 1.165) is 19.2 Å². The minimum Gasteiger partial charge on any atom is -0.467 e. The first kappa shape index (κ1) is 72.1. The SMILES string of the molecule is C#CCOC(=O)C1OS(=O)OC1C.COC(=O)C1(C)COS(=O)O1.COC(=O)C1OS(=O)OC1C.COC(=O)C1OS(=O)OC1C(F)(F)F.Cc1cc(OC(=O)C2COS(=O)O2)ccc1F.O=C(Oc1ccc(F)cc1F)C1COS(=O)O1. The van der Waals surface area contributed by atoms with E-state index < -0.39 is 182 Å². The molecule has 6 fully saturated rings. The van der Waals surface area contributed by atoms with Gasteiger partial charge in [-0.05, 0) is 63.6 Å². The van der Waals surface area contributed by atoms with Crippen LogP contribution in [0.4, 0.5) is 26.3 Å². The van der Waals surface area contributed by atoms with Crippen molar-refractivity contribution in [1.82, 2.24) is 0 Å². The molecule has 466 valence electrons. The number of halogens is 6. The van der Waals surface area contributed by atoms with Gasteiger partial charge in [-0.3, -0.25) is 41.8 Å². The molecule has 0 radical (unpaired) electrons. The van der Waals surface area contributed by atoms with Gasteiger partial charge in [-0.25, -0.2) is 50.3 Å². The highest BCUT2D eigenvalue weighted by Crippen LogP contribution is 2.33. The summed E-state index contributed by atoms with van der Waals surface area (Å²) in [6.07, 6.45) is -9.61. The normalized spacial score (nSPS) is 30.2. The summed E-state index contributed by atoms with van der Waals surface area (Å²) in [5.74, 6) is -5.04. The number of aryl methyl sites for hydroxylation is 1. The average molecular weight is 1320 g/mol. The van der Waals surface area contributed by atoms with E-state index in [-0.39, 0.29) is 38.0 Å². The molecular formula is C41H44F6O30S6. The molecule has 30 nitrogen and oxygen atoms in total. The van der Waals surface area contributed by atoms with Gasteiger partial charge in [0.1, 0.15) is 49.4 Å². The van der Waals surface area contributed by atoms with Crippen molar-refractivity contribution >= 4 is 104 Å². The number of hydrogen-bond donors (Lipinski definition) is 0. The standard InChI is InChI=1S/C10H9FO5S.C9H6F2O5S.C7H8O5S.C5H5F3O5S.2C5H8O5S/c1-6-4-7(2-3-8(6)11)15-10(12)9-5-14-17(13)16-9;10-5-1-2-7(6(11)3-5)15-9(12)8-4-14-17(13)16-8;1-3-4-10-7(8)6-5(2)11-13(9)12-6;1-11-4(9)2-3(5(6,7)8)13-14(10)12-2;1-5(4(6)8-2)3-9-11(7)10-5;1-3-4(5(6)8-2)10-11(7)9-3/h2-4,9H,5H2,1H3;1-3,8H,4H2;1,5-6H,4H2,2H3;2-3H,1H3;3H2,1-2H3;3-4H,1-2H3. The maximum absolute atomic E-state index is 13.1. The maximum atomic E-state index is 13.1. The Morgan fingerprint density at radius 1 is 0.614 bits per heavy atom. The van der Waals surface area contributed by atoms with E-state index in [9.17, 15) is 80.4 Å². The number of carbonyl (C=O) groups excluding carboxylic acids is 6. The van der Waals surface area contributed by atoms with Crippen molar-refractivity contribution in [3.05, 3.63) is 59.4 Å². The maximum Gasteiger partial charge on any atom is 0.419 e. The van der Waals surface area contributed by atoms with Crippen LogP contribution in [0.3, 0.4) is 0 Å². The largest absolute Gasteiger partial charge is 0.467 e. The summed E-state index contributed by atoms with van der Waals surface area (Å²) < 4.78 is 220. The van der Waals surface area contributed by atoms with Gasteiger partial charge in [-0.1, -0.05) is 5.92 Å². The molecule has 83 heavy (non-hydrogen) atoms. The van der Waals surface area contributed by atoms with E-state index in [1.54, 1.807) is 20.8 Å². The van der Waals surface area contributed by atoms with Crippen molar-refractivity contribution in [3.8, 4) is 23.8 Å². The molecule has 6 aliphatic heterocycles. The minimum absolute atomic E-state index is 0.0354. The third kappa shape index (κ3) is 23.3. The third-order valence-corrected chi connectivity index (χ3v) is 14.0. The zero-order chi connectivity index (χ0) is 62.5. The van der Waals surface area contributed by atoms with E-state index in [1.165, 1.54) is 39.3 Å². The molecule has 0 saturated carbocycles. The molecule has 0 N–H and O–H groups in total. The highest BCUT2D eigenvalue weighted by atomic mass is 32.2. The van der Waals surface area contributed by atoms with Gasteiger partial charge >= 0.3 is 110 Å². The molecule has 42 heteroatoms. The van der Waals surface area contributed by atoms with Crippen LogP contribution in [-0.2, 0) is 166 Å². The molecule has 2 aromatic rings. The molecule has 15 unspecified atom stereocenters. The van der Waals surface area contributed by atoms with E-state index >= 15 is 0 Å². The second kappa shape index (κ2) is 34.1. The smallest absolute Gasteiger partial charge is 0.419 e. The molecular weight excluding hydrogens is 1280 g/mol. The Balaban J connectivity index is 0.000000263. The van der Waals surface area contributed by atoms with Gasteiger partial charge in [-0.15, -0.1) is 6.42 Å². The second-order valence-corrected chi connectivity index (χ2v) is 20.3. The van der Waals surface area contributed by atoms with Crippen LogP contribution < -0.4 is 9.47 Å². The summed E-state index contributed by atoms with van der Waals surface area (Å²) in [7, 11) is 3.36. The average Bonchev–Trinajstić information content (AvgIpc) is 4.52. The lowest BCUT2D eigenvalue weighted by Gasteiger charge is -2.15. The van der Waals surface area contributed by atoms with Crippen LogP contribution in [0.5, 0.6) is 11.5 Å². The van der Waals surface area contributed by atoms with Gasteiger partial charge in [0.05, 0.1) is 21.3 Å². The van der Waals surface area contributed by atoms with Crippen molar-refractivity contribution in [1.29, 1.82) is 0 Å². The van der Waals surface area contributed by atoms with E-state index in [1.807, 2.05) is 0 Å². The number of rotatable bonds is 9. The first-order valence-electron chi connectivity index (χ1n) is 21.9. The first-order chi connectivity index (χ1) is 38.9. The summed E-state index contributed by atoms with van der Waals surface area (Å²) in [5, 5.41) is 0. The molecule has 0 bridgehead atoms. The zero-order valence-electron chi connectivity index (χ0n) is 43.0. The highest BCUT2D eigenvalue weighted by molar-refractivity contribution is 7.76. The molecule has 15 atom stereocenters. The highest BCUT2D eigenvalue weighted by Gasteiger charge is 2.56. The molecule has 0 aliphatic carbocycles. The van der Waals surface area contributed by atoms with Crippen LogP contribution in [0.1, 0.15) is 26.3 Å².